The monoisotopic (exact) mass is 298 g/mol. The smallest absolute Gasteiger partial charge is 0.336 e. The first-order valence-corrected chi connectivity index (χ1v) is 6.57. The Bertz CT molecular complexity index is 578. The van der Waals surface area contributed by atoms with Gasteiger partial charge in [0.1, 0.15) is 0 Å². The van der Waals surface area contributed by atoms with Gasteiger partial charge in [-0.25, -0.2) is 13.6 Å². The van der Waals surface area contributed by atoms with Crippen LogP contribution in [0.4, 0.5) is 8.78 Å². The zero-order valence-corrected chi connectivity index (χ0v) is 11.5. The zero-order chi connectivity index (χ0) is 15.6. The average Bonchev–Trinajstić information content (AvgIpc) is 2.84. The number of nitrogens with zero attached hydrogens (tertiary/aromatic N) is 1. The fourth-order valence-corrected chi connectivity index (χ4v) is 2.44. The number of carboxylic acid groups (broad SMARTS) is 1. The summed E-state index contributed by atoms with van der Waals surface area (Å²) in [5, 5.41) is 11.6. The molecule has 0 aromatic heterocycles. The number of carbonyl (C=O) groups is 2. The quantitative estimate of drug-likeness (QED) is 0.880. The van der Waals surface area contributed by atoms with E-state index in [4.69, 9.17) is 5.11 Å². The number of hydrogen-bond acceptors (Lipinski definition) is 3. The molecule has 21 heavy (non-hydrogen) atoms. The standard InChI is InChI=1S/C14H16F2N2O3/c1-18-3-2-8(7-18)6-17-13(19)9-4-11(15)12(16)5-10(9)14(20)21/h4-5,8H,2-3,6-7H2,1H3,(H,17,19)(H,20,21). The highest BCUT2D eigenvalue weighted by atomic mass is 19.2. The Morgan fingerprint density at radius 2 is 1.95 bits per heavy atom. The third-order valence-electron chi connectivity index (χ3n) is 3.58. The van der Waals surface area contributed by atoms with Gasteiger partial charge in [0.05, 0.1) is 11.1 Å². The van der Waals surface area contributed by atoms with E-state index in [-0.39, 0.29) is 11.5 Å². The molecule has 1 aliphatic heterocycles. The molecule has 0 radical (unpaired) electrons. The fourth-order valence-electron chi connectivity index (χ4n) is 2.44. The minimum absolute atomic E-state index is 0.275. The van der Waals surface area contributed by atoms with Crippen molar-refractivity contribution < 1.29 is 23.5 Å². The fraction of sp³-hybridized carbons (Fsp3) is 0.429. The maximum Gasteiger partial charge on any atom is 0.336 e. The highest BCUT2D eigenvalue weighted by Gasteiger charge is 2.23. The Morgan fingerprint density at radius 3 is 2.48 bits per heavy atom. The van der Waals surface area contributed by atoms with Gasteiger partial charge in [-0.2, -0.15) is 0 Å². The molecule has 114 valence electrons. The molecule has 1 atom stereocenters. The number of hydrogen-bond donors (Lipinski definition) is 2. The third kappa shape index (κ3) is 3.55. The molecule has 2 rings (SSSR count). The Labute approximate surface area is 120 Å². The lowest BCUT2D eigenvalue weighted by atomic mass is 10.1. The highest BCUT2D eigenvalue weighted by Crippen LogP contribution is 2.17. The second kappa shape index (κ2) is 6.17. The molecule has 1 amide bonds. The zero-order valence-electron chi connectivity index (χ0n) is 11.5. The molecule has 1 aliphatic rings. The number of benzene rings is 1. The van der Waals surface area contributed by atoms with Gasteiger partial charge in [-0.3, -0.25) is 4.79 Å². The van der Waals surface area contributed by atoms with E-state index in [0.717, 1.165) is 19.5 Å². The van der Waals surface area contributed by atoms with Crippen LogP contribution in [0.3, 0.4) is 0 Å². The summed E-state index contributed by atoms with van der Waals surface area (Å²) < 4.78 is 26.3. The predicted molar refractivity (Wildman–Crippen MR) is 71.3 cm³/mol. The molecular formula is C14H16F2N2O3. The van der Waals surface area contributed by atoms with Crippen molar-refractivity contribution in [2.75, 3.05) is 26.7 Å². The van der Waals surface area contributed by atoms with E-state index < -0.39 is 29.1 Å². The normalized spacial score (nSPS) is 18.7. The van der Waals surface area contributed by atoms with Gasteiger partial charge in [-0.15, -0.1) is 0 Å². The number of halogens is 2. The molecule has 0 bridgehead atoms. The van der Waals surface area contributed by atoms with E-state index >= 15 is 0 Å². The van der Waals surface area contributed by atoms with Crippen molar-refractivity contribution in [2.45, 2.75) is 6.42 Å². The Kier molecular flexibility index (Phi) is 4.52. The number of likely N-dealkylation sites (tertiary alicyclic amines) is 1. The Hall–Kier alpha value is -2.02. The largest absolute Gasteiger partial charge is 0.478 e. The number of carbonyl (C=O) groups excluding carboxylic acids is 1. The van der Waals surface area contributed by atoms with Gasteiger partial charge in [0.15, 0.2) is 11.6 Å². The SMILES string of the molecule is CN1CCC(CNC(=O)c2cc(F)c(F)cc2C(=O)O)C1. The molecule has 1 heterocycles. The van der Waals surface area contributed by atoms with Crippen molar-refractivity contribution in [3.05, 3.63) is 34.9 Å². The molecule has 2 N–H and O–H groups in total. The van der Waals surface area contributed by atoms with Gasteiger partial charge in [0.25, 0.3) is 5.91 Å². The van der Waals surface area contributed by atoms with Crippen molar-refractivity contribution >= 4 is 11.9 Å². The molecule has 1 fully saturated rings. The van der Waals surface area contributed by atoms with E-state index in [1.54, 1.807) is 0 Å². The maximum atomic E-state index is 13.2. The van der Waals surface area contributed by atoms with Gasteiger partial charge in [-0.05, 0) is 38.1 Å². The molecule has 0 spiro atoms. The number of nitrogens with one attached hydrogen (secondary N) is 1. The van der Waals surface area contributed by atoms with Crippen LogP contribution in [-0.2, 0) is 0 Å². The molecular weight excluding hydrogens is 282 g/mol. The third-order valence-corrected chi connectivity index (χ3v) is 3.58. The number of rotatable bonds is 4. The van der Waals surface area contributed by atoms with Crippen molar-refractivity contribution in [1.29, 1.82) is 0 Å². The van der Waals surface area contributed by atoms with Crippen LogP contribution < -0.4 is 5.32 Å². The maximum absolute atomic E-state index is 13.2. The second-order valence-electron chi connectivity index (χ2n) is 5.24. The number of amides is 1. The van der Waals surface area contributed by atoms with Gasteiger partial charge >= 0.3 is 5.97 Å². The summed E-state index contributed by atoms with van der Waals surface area (Å²) in [5.74, 6) is -4.44. The average molecular weight is 298 g/mol. The lowest BCUT2D eigenvalue weighted by Gasteiger charge is -2.13. The van der Waals surface area contributed by atoms with Gasteiger partial charge in [-0.1, -0.05) is 0 Å². The number of carboxylic acids is 1. The van der Waals surface area contributed by atoms with Crippen molar-refractivity contribution in [1.82, 2.24) is 10.2 Å². The van der Waals surface area contributed by atoms with E-state index in [0.29, 0.717) is 18.7 Å². The first-order valence-electron chi connectivity index (χ1n) is 6.57. The Morgan fingerprint density at radius 1 is 1.33 bits per heavy atom. The van der Waals surface area contributed by atoms with E-state index in [1.807, 2.05) is 7.05 Å². The summed E-state index contributed by atoms with van der Waals surface area (Å²) in [6, 6.07) is 1.14. The molecule has 1 saturated heterocycles. The van der Waals surface area contributed by atoms with E-state index in [1.165, 1.54) is 0 Å². The van der Waals surface area contributed by atoms with Gasteiger partial charge in [0, 0.05) is 13.1 Å². The minimum Gasteiger partial charge on any atom is -0.478 e. The topological polar surface area (TPSA) is 69.6 Å². The van der Waals surface area contributed by atoms with Crippen LogP contribution in [0.5, 0.6) is 0 Å². The predicted octanol–water partition coefficient (Wildman–Crippen LogP) is 1.34. The van der Waals surface area contributed by atoms with Crippen LogP contribution in [0.2, 0.25) is 0 Å². The van der Waals surface area contributed by atoms with Crippen LogP contribution >= 0.6 is 0 Å². The first-order chi connectivity index (χ1) is 9.88. The lowest BCUT2D eigenvalue weighted by Crippen LogP contribution is -2.31. The van der Waals surface area contributed by atoms with Gasteiger partial charge in [0.2, 0.25) is 0 Å². The molecule has 1 unspecified atom stereocenters. The molecule has 1 aromatic carbocycles. The molecule has 5 nitrogen and oxygen atoms in total. The summed E-state index contributed by atoms with van der Waals surface area (Å²) in [6.45, 7) is 2.15. The molecule has 0 saturated carbocycles. The van der Waals surface area contributed by atoms with Gasteiger partial charge < -0.3 is 15.3 Å². The van der Waals surface area contributed by atoms with Crippen LogP contribution in [0, 0.1) is 17.6 Å². The molecule has 1 aromatic rings. The van der Waals surface area contributed by atoms with E-state index in [2.05, 4.69) is 10.2 Å². The van der Waals surface area contributed by atoms with Crippen molar-refractivity contribution in [3.63, 3.8) is 0 Å². The van der Waals surface area contributed by atoms with Crippen LogP contribution in [0.1, 0.15) is 27.1 Å². The van der Waals surface area contributed by atoms with Crippen molar-refractivity contribution in [3.8, 4) is 0 Å². The molecule has 7 heteroatoms. The number of aromatic carboxylic acids is 1. The van der Waals surface area contributed by atoms with Crippen LogP contribution in [-0.4, -0.2) is 48.6 Å². The van der Waals surface area contributed by atoms with Crippen molar-refractivity contribution in [2.24, 2.45) is 5.92 Å². The summed E-state index contributed by atoms with van der Waals surface area (Å²) in [5.41, 5.74) is -0.914. The summed E-state index contributed by atoms with van der Waals surface area (Å²) >= 11 is 0. The summed E-state index contributed by atoms with van der Waals surface area (Å²) in [7, 11) is 1.97. The lowest BCUT2D eigenvalue weighted by molar-refractivity contribution is 0.0690. The second-order valence-corrected chi connectivity index (χ2v) is 5.24. The summed E-state index contributed by atoms with van der Waals surface area (Å²) in [4.78, 5) is 25.1. The highest BCUT2D eigenvalue weighted by molar-refractivity contribution is 6.04. The molecule has 0 aliphatic carbocycles. The van der Waals surface area contributed by atoms with Crippen LogP contribution in [0.15, 0.2) is 12.1 Å². The summed E-state index contributed by atoms with van der Waals surface area (Å²) in [6.07, 6.45) is 0.931. The van der Waals surface area contributed by atoms with Crippen LogP contribution in [0.25, 0.3) is 0 Å². The Balaban J connectivity index is 2.11. The first kappa shape index (κ1) is 15.4. The van der Waals surface area contributed by atoms with E-state index in [9.17, 15) is 18.4 Å². The minimum atomic E-state index is -1.47.